The van der Waals surface area contributed by atoms with E-state index in [1.807, 2.05) is 13.0 Å². The number of ether oxygens (including phenoxy) is 1. The predicted octanol–water partition coefficient (Wildman–Crippen LogP) is 3.71. The molecule has 0 N–H and O–H groups in total. The van der Waals surface area contributed by atoms with E-state index in [-0.39, 0.29) is 6.42 Å². The van der Waals surface area contributed by atoms with Crippen LogP contribution in [0.5, 0.6) is 0 Å². The molecule has 2 atom stereocenters. The normalized spacial score (nSPS) is 19.8. The van der Waals surface area contributed by atoms with Crippen LogP contribution < -0.4 is 0 Å². The summed E-state index contributed by atoms with van der Waals surface area (Å²) in [4.78, 5) is 20.0. The molecule has 0 saturated carbocycles. The summed E-state index contributed by atoms with van der Waals surface area (Å²) >= 11 is 3.41. The molecule has 0 spiro atoms. The highest BCUT2D eigenvalue weighted by molar-refractivity contribution is 9.10. The highest BCUT2D eigenvalue weighted by Crippen LogP contribution is 2.44. The van der Waals surface area contributed by atoms with Crippen LogP contribution >= 0.6 is 15.9 Å². The van der Waals surface area contributed by atoms with Crippen molar-refractivity contribution in [3.8, 4) is 11.3 Å². The minimum atomic E-state index is -1.27. The SMILES string of the molecule is CC(=O)O[C@H]1c2c(-c3cccnc3C)ncc(Br)c2C[C@H]1F. The van der Waals surface area contributed by atoms with Gasteiger partial charge in [-0.05, 0) is 40.5 Å². The Bertz CT molecular complexity index is 751. The number of aromatic nitrogens is 2. The molecule has 0 radical (unpaired) electrons. The summed E-state index contributed by atoms with van der Waals surface area (Å²) in [5.74, 6) is -0.505. The minimum absolute atomic E-state index is 0.197. The molecule has 0 saturated heterocycles. The molecule has 0 aliphatic heterocycles. The molecule has 6 heteroatoms. The van der Waals surface area contributed by atoms with Crippen molar-refractivity contribution < 1.29 is 13.9 Å². The zero-order valence-corrected chi connectivity index (χ0v) is 13.7. The summed E-state index contributed by atoms with van der Waals surface area (Å²) in [7, 11) is 0. The molecule has 0 aromatic carbocycles. The number of hydrogen-bond acceptors (Lipinski definition) is 4. The lowest BCUT2D eigenvalue weighted by Crippen LogP contribution is -2.16. The molecule has 114 valence electrons. The summed E-state index contributed by atoms with van der Waals surface area (Å²) in [6.45, 7) is 3.15. The van der Waals surface area contributed by atoms with Crippen LogP contribution in [0.15, 0.2) is 29.0 Å². The van der Waals surface area contributed by atoms with Gasteiger partial charge in [-0.25, -0.2) is 4.39 Å². The molecule has 0 unspecified atom stereocenters. The lowest BCUT2D eigenvalue weighted by Gasteiger charge is -2.18. The Morgan fingerprint density at radius 2 is 2.23 bits per heavy atom. The molecular weight excluding hydrogens is 351 g/mol. The number of fused-ring (bicyclic) bond motifs is 1. The Morgan fingerprint density at radius 1 is 1.45 bits per heavy atom. The van der Waals surface area contributed by atoms with Crippen LogP contribution in [0, 0.1) is 6.92 Å². The van der Waals surface area contributed by atoms with Gasteiger partial charge in [-0.15, -0.1) is 0 Å². The second kappa shape index (κ2) is 5.76. The van der Waals surface area contributed by atoms with Gasteiger partial charge in [0.25, 0.3) is 0 Å². The number of alkyl halides is 1. The first kappa shape index (κ1) is 15.1. The summed E-state index contributed by atoms with van der Waals surface area (Å²) < 4.78 is 20.3. The zero-order valence-electron chi connectivity index (χ0n) is 12.1. The second-order valence-electron chi connectivity index (χ2n) is 5.23. The van der Waals surface area contributed by atoms with Gasteiger partial charge in [0.1, 0.15) is 6.17 Å². The number of carbonyl (C=O) groups is 1. The fraction of sp³-hybridized carbons (Fsp3) is 0.312. The Balaban J connectivity index is 2.21. The van der Waals surface area contributed by atoms with Crippen molar-refractivity contribution in [2.24, 2.45) is 0 Å². The van der Waals surface area contributed by atoms with Crippen LogP contribution in [-0.2, 0) is 16.0 Å². The highest BCUT2D eigenvalue weighted by atomic mass is 79.9. The molecule has 0 amide bonds. The Hall–Kier alpha value is -1.82. The molecule has 2 aromatic rings. The predicted molar refractivity (Wildman–Crippen MR) is 83.0 cm³/mol. The summed E-state index contributed by atoms with van der Waals surface area (Å²) in [5.41, 5.74) is 3.66. The molecular formula is C16H14BrFN2O2. The van der Waals surface area contributed by atoms with Gasteiger partial charge >= 0.3 is 5.97 Å². The third-order valence-corrected chi connectivity index (χ3v) is 4.43. The molecule has 2 aromatic heterocycles. The average Bonchev–Trinajstić information content (AvgIpc) is 2.78. The summed E-state index contributed by atoms with van der Waals surface area (Å²) in [5, 5.41) is 0. The molecule has 0 bridgehead atoms. The number of aryl methyl sites for hydroxylation is 1. The molecule has 22 heavy (non-hydrogen) atoms. The van der Waals surface area contributed by atoms with Crippen molar-refractivity contribution in [2.45, 2.75) is 32.5 Å². The van der Waals surface area contributed by atoms with Gasteiger partial charge in [-0.3, -0.25) is 14.8 Å². The third kappa shape index (κ3) is 2.52. The van der Waals surface area contributed by atoms with Crippen molar-refractivity contribution >= 4 is 21.9 Å². The van der Waals surface area contributed by atoms with Gasteiger partial charge in [-0.1, -0.05) is 0 Å². The molecule has 1 aliphatic rings. The topological polar surface area (TPSA) is 52.1 Å². The largest absolute Gasteiger partial charge is 0.454 e. The molecule has 3 rings (SSSR count). The van der Waals surface area contributed by atoms with E-state index in [0.29, 0.717) is 11.3 Å². The molecule has 1 aliphatic carbocycles. The van der Waals surface area contributed by atoms with E-state index in [1.54, 1.807) is 18.5 Å². The van der Waals surface area contributed by atoms with Gasteiger partial charge in [0, 0.05) is 47.0 Å². The van der Waals surface area contributed by atoms with E-state index in [1.165, 1.54) is 6.92 Å². The standard InChI is InChI=1S/C16H14BrFN2O2/c1-8-10(4-3-5-19-8)15-14-11(12(17)7-20-15)6-13(18)16(14)22-9(2)21/h3-5,7,13,16H,6H2,1-2H3/t13-,16-/m1/s1. The van der Waals surface area contributed by atoms with E-state index in [2.05, 4.69) is 25.9 Å². The maximum atomic E-state index is 14.4. The van der Waals surface area contributed by atoms with Crippen LogP contribution in [0.3, 0.4) is 0 Å². The number of carbonyl (C=O) groups excluding carboxylic acids is 1. The Morgan fingerprint density at radius 3 is 2.91 bits per heavy atom. The van der Waals surface area contributed by atoms with Gasteiger partial charge < -0.3 is 4.74 Å². The van der Waals surface area contributed by atoms with Crippen LogP contribution in [0.1, 0.15) is 29.8 Å². The number of hydrogen-bond donors (Lipinski definition) is 0. The van der Waals surface area contributed by atoms with Gasteiger partial charge in [0.2, 0.25) is 0 Å². The summed E-state index contributed by atoms with van der Waals surface area (Å²) in [6, 6.07) is 3.69. The molecule has 2 heterocycles. The smallest absolute Gasteiger partial charge is 0.303 e. The minimum Gasteiger partial charge on any atom is -0.454 e. The fourth-order valence-corrected chi connectivity index (χ4v) is 3.28. The van der Waals surface area contributed by atoms with Gasteiger partial charge in [-0.2, -0.15) is 0 Å². The van der Waals surface area contributed by atoms with Crippen LogP contribution in [0.4, 0.5) is 4.39 Å². The fourth-order valence-electron chi connectivity index (χ4n) is 2.80. The van der Waals surface area contributed by atoms with E-state index in [4.69, 9.17) is 4.74 Å². The Kier molecular flexibility index (Phi) is 3.95. The zero-order chi connectivity index (χ0) is 15.9. The number of rotatable bonds is 2. The van der Waals surface area contributed by atoms with Crippen LogP contribution in [-0.4, -0.2) is 22.1 Å². The number of halogens is 2. The lowest BCUT2D eigenvalue weighted by molar-refractivity contribution is -0.149. The third-order valence-electron chi connectivity index (χ3n) is 3.74. The summed E-state index contributed by atoms with van der Waals surface area (Å²) in [6.07, 6.45) is 1.35. The van der Waals surface area contributed by atoms with Crippen LogP contribution in [0.25, 0.3) is 11.3 Å². The lowest BCUT2D eigenvalue weighted by atomic mass is 10.0. The number of pyridine rings is 2. The Labute approximate surface area is 135 Å². The first-order chi connectivity index (χ1) is 10.5. The van der Waals surface area contributed by atoms with Crippen molar-refractivity contribution in [1.82, 2.24) is 9.97 Å². The number of esters is 1. The molecule has 0 fully saturated rings. The monoisotopic (exact) mass is 364 g/mol. The van der Waals surface area contributed by atoms with Crippen molar-refractivity contribution in [2.75, 3.05) is 0 Å². The van der Waals surface area contributed by atoms with Crippen molar-refractivity contribution in [3.63, 3.8) is 0 Å². The maximum absolute atomic E-state index is 14.4. The second-order valence-corrected chi connectivity index (χ2v) is 6.09. The first-order valence-electron chi connectivity index (χ1n) is 6.89. The highest BCUT2D eigenvalue weighted by Gasteiger charge is 2.39. The molecule has 4 nitrogen and oxygen atoms in total. The van der Waals surface area contributed by atoms with E-state index in [0.717, 1.165) is 21.3 Å². The van der Waals surface area contributed by atoms with Gasteiger partial charge in [0.15, 0.2) is 6.10 Å². The number of nitrogens with zero attached hydrogens (tertiary/aromatic N) is 2. The van der Waals surface area contributed by atoms with Gasteiger partial charge in [0.05, 0.1) is 5.69 Å². The quantitative estimate of drug-likeness (QED) is 0.762. The van der Waals surface area contributed by atoms with E-state index >= 15 is 0 Å². The van der Waals surface area contributed by atoms with E-state index < -0.39 is 18.2 Å². The van der Waals surface area contributed by atoms with Crippen molar-refractivity contribution in [1.29, 1.82) is 0 Å². The first-order valence-corrected chi connectivity index (χ1v) is 7.69. The van der Waals surface area contributed by atoms with E-state index in [9.17, 15) is 9.18 Å². The van der Waals surface area contributed by atoms with Crippen molar-refractivity contribution in [3.05, 3.63) is 45.8 Å². The van der Waals surface area contributed by atoms with Crippen LogP contribution in [0.2, 0.25) is 0 Å². The maximum Gasteiger partial charge on any atom is 0.303 e. The average molecular weight is 365 g/mol.